The summed E-state index contributed by atoms with van der Waals surface area (Å²) in [5.74, 6) is 5.58. The van der Waals surface area contributed by atoms with E-state index in [2.05, 4.69) is 20.3 Å². The highest BCUT2D eigenvalue weighted by molar-refractivity contribution is 7.99. The molecule has 0 fully saturated rings. The lowest BCUT2D eigenvalue weighted by atomic mass is 10.2. The molecule has 0 bridgehead atoms. The molecule has 3 N–H and O–H groups in total. The minimum absolute atomic E-state index is 0.0310. The number of anilines is 1. The molecule has 0 saturated heterocycles. The lowest BCUT2D eigenvalue weighted by molar-refractivity contribution is -0.274. The minimum atomic E-state index is -4.77. The number of thioether (sulfide) groups is 1. The summed E-state index contributed by atoms with van der Waals surface area (Å²) in [6.07, 6.45) is -4.77. The monoisotopic (exact) mass is 443 g/mol. The van der Waals surface area contributed by atoms with Gasteiger partial charge in [-0.25, -0.2) is 4.68 Å². The first kappa shape index (κ1) is 20.8. The molecule has 7 nitrogen and oxygen atoms in total. The highest BCUT2D eigenvalue weighted by Crippen LogP contribution is 2.25. The molecule has 0 unspecified atom stereocenters. The minimum Gasteiger partial charge on any atom is -0.406 e. The summed E-state index contributed by atoms with van der Waals surface area (Å²) in [5.41, 5.74) is 1.03. The molecule has 152 valence electrons. The van der Waals surface area contributed by atoms with Crippen molar-refractivity contribution in [3.63, 3.8) is 0 Å². The Morgan fingerprint density at radius 1 is 1.14 bits per heavy atom. The second-order valence-electron chi connectivity index (χ2n) is 5.59. The number of carbonyl (C=O) groups excluding carboxylic acids is 1. The van der Waals surface area contributed by atoms with E-state index in [4.69, 9.17) is 17.4 Å². The fourth-order valence-corrected chi connectivity index (χ4v) is 3.02. The number of carbonyl (C=O) groups is 1. The van der Waals surface area contributed by atoms with Crippen LogP contribution in [-0.4, -0.2) is 32.9 Å². The number of hydrogen-bond donors (Lipinski definition) is 2. The number of nitrogens with zero attached hydrogens (tertiary/aromatic N) is 3. The molecule has 0 aliphatic heterocycles. The number of amides is 1. The Hall–Kier alpha value is -2.92. The van der Waals surface area contributed by atoms with E-state index < -0.39 is 12.3 Å². The predicted molar refractivity (Wildman–Crippen MR) is 103 cm³/mol. The molecule has 3 aromatic rings. The Kier molecular flexibility index (Phi) is 6.18. The Bertz CT molecular complexity index is 994. The number of aromatic nitrogens is 3. The standard InChI is InChI=1S/C17H13ClF3N5O2S/c18-11-3-1-10(2-4-11)15-24-25-16(26(15)22)29-9-14(27)23-12-5-7-13(8-6-12)28-17(19,20)21/h1-8H,9,22H2,(H,23,27). The largest absolute Gasteiger partial charge is 0.573 e. The second kappa shape index (κ2) is 8.62. The van der Waals surface area contributed by atoms with Crippen LogP contribution < -0.4 is 15.9 Å². The molecule has 0 saturated carbocycles. The zero-order chi connectivity index (χ0) is 21.0. The van der Waals surface area contributed by atoms with Crippen molar-refractivity contribution < 1.29 is 22.7 Å². The Morgan fingerprint density at radius 2 is 1.79 bits per heavy atom. The summed E-state index contributed by atoms with van der Waals surface area (Å²) in [4.78, 5) is 12.1. The van der Waals surface area contributed by atoms with Gasteiger partial charge in [-0.05, 0) is 48.5 Å². The van der Waals surface area contributed by atoms with Crippen LogP contribution in [-0.2, 0) is 4.79 Å². The molecule has 0 aliphatic rings. The van der Waals surface area contributed by atoms with Crippen LogP contribution >= 0.6 is 23.4 Å². The van der Waals surface area contributed by atoms with Crippen molar-refractivity contribution >= 4 is 35.0 Å². The highest BCUT2D eigenvalue weighted by atomic mass is 35.5. The SMILES string of the molecule is Nn1c(SCC(=O)Nc2ccc(OC(F)(F)F)cc2)nnc1-c1ccc(Cl)cc1. The third-order valence-electron chi connectivity index (χ3n) is 3.47. The molecule has 0 radical (unpaired) electrons. The van der Waals surface area contributed by atoms with Crippen LogP contribution in [0.3, 0.4) is 0 Å². The first-order chi connectivity index (χ1) is 13.7. The first-order valence-corrected chi connectivity index (χ1v) is 9.32. The Labute approximate surface area is 172 Å². The average Bonchev–Trinajstić information content (AvgIpc) is 3.02. The summed E-state index contributed by atoms with van der Waals surface area (Å²) in [6.45, 7) is 0. The van der Waals surface area contributed by atoms with Crippen molar-refractivity contribution in [2.24, 2.45) is 0 Å². The number of hydrogen-bond acceptors (Lipinski definition) is 6. The van der Waals surface area contributed by atoms with Crippen LogP contribution in [0.1, 0.15) is 0 Å². The topological polar surface area (TPSA) is 95.1 Å². The molecule has 2 aromatic carbocycles. The van der Waals surface area contributed by atoms with Crippen LogP contribution in [0.2, 0.25) is 5.02 Å². The molecule has 0 aliphatic carbocycles. The van der Waals surface area contributed by atoms with E-state index >= 15 is 0 Å². The summed E-state index contributed by atoms with van der Waals surface area (Å²) in [5, 5.41) is 11.4. The van der Waals surface area contributed by atoms with Gasteiger partial charge in [-0.1, -0.05) is 23.4 Å². The Morgan fingerprint density at radius 3 is 2.41 bits per heavy atom. The number of nitrogens with one attached hydrogen (secondary N) is 1. The number of nitrogens with two attached hydrogens (primary N) is 1. The molecular weight excluding hydrogens is 431 g/mol. The van der Waals surface area contributed by atoms with E-state index in [1.807, 2.05) is 0 Å². The lowest BCUT2D eigenvalue weighted by Gasteiger charge is -2.10. The third-order valence-corrected chi connectivity index (χ3v) is 4.67. The van der Waals surface area contributed by atoms with Crippen molar-refractivity contribution in [3.8, 4) is 17.1 Å². The summed E-state index contributed by atoms with van der Waals surface area (Å²) in [6, 6.07) is 11.7. The van der Waals surface area contributed by atoms with E-state index in [0.717, 1.165) is 23.9 Å². The van der Waals surface area contributed by atoms with Gasteiger partial charge in [0.25, 0.3) is 0 Å². The third kappa shape index (κ3) is 5.78. The number of ether oxygens (including phenoxy) is 1. The number of rotatable bonds is 6. The molecule has 0 atom stereocenters. The van der Waals surface area contributed by atoms with E-state index in [1.165, 1.54) is 16.8 Å². The molecule has 12 heteroatoms. The number of alkyl halides is 3. The maximum atomic E-state index is 12.2. The van der Waals surface area contributed by atoms with Crippen LogP contribution in [0.25, 0.3) is 11.4 Å². The fraction of sp³-hybridized carbons (Fsp3) is 0.118. The second-order valence-corrected chi connectivity index (χ2v) is 6.97. The van der Waals surface area contributed by atoms with Gasteiger partial charge in [-0.2, -0.15) is 0 Å². The molecule has 1 heterocycles. The smallest absolute Gasteiger partial charge is 0.406 e. The molecular formula is C17H13ClF3N5O2S. The normalized spacial score (nSPS) is 11.3. The number of halogens is 4. The predicted octanol–water partition coefficient (Wildman–Crippen LogP) is 3.94. The van der Waals surface area contributed by atoms with E-state index in [-0.39, 0.29) is 11.5 Å². The first-order valence-electron chi connectivity index (χ1n) is 7.96. The fourth-order valence-electron chi connectivity index (χ4n) is 2.24. The van der Waals surface area contributed by atoms with Gasteiger partial charge < -0.3 is 15.9 Å². The van der Waals surface area contributed by atoms with E-state index in [0.29, 0.717) is 27.3 Å². The van der Waals surface area contributed by atoms with Crippen molar-refractivity contribution in [2.75, 3.05) is 16.9 Å². The molecule has 3 rings (SSSR count). The number of nitrogen functional groups attached to an aromatic ring is 1. The summed E-state index contributed by atoms with van der Waals surface area (Å²) < 4.78 is 41.5. The van der Waals surface area contributed by atoms with Gasteiger partial charge in [0, 0.05) is 16.3 Å². The maximum absolute atomic E-state index is 12.2. The Balaban J connectivity index is 1.56. The van der Waals surface area contributed by atoms with Crippen LogP contribution in [0, 0.1) is 0 Å². The number of benzene rings is 2. The lowest BCUT2D eigenvalue weighted by Crippen LogP contribution is -2.17. The van der Waals surface area contributed by atoms with Gasteiger partial charge in [-0.3, -0.25) is 4.79 Å². The molecule has 1 aromatic heterocycles. The van der Waals surface area contributed by atoms with Gasteiger partial charge in [0.2, 0.25) is 11.1 Å². The van der Waals surface area contributed by atoms with E-state index in [1.54, 1.807) is 24.3 Å². The van der Waals surface area contributed by atoms with Crippen molar-refractivity contribution in [2.45, 2.75) is 11.5 Å². The summed E-state index contributed by atoms with van der Waals surface area (Å²) >= 11 is 6.91. The van der Waals surface area contributed by atoms with E-state index in [9.17, 15) is 18.0 Å². The van der Waals surface area contributed by atoms with Crippen molar-refractivity contribution in [3.05, 3.63) is 53.6 Å². The van der Waals surface area contributed by atoms with Crippen molar-refractivity contribution in [1.82, 2.24) is 14.9 Å². The summed E-state index contributed by atoms with van der Waals surface area (Å²) in [7, 11) is 0. The van der Waals surface area contributed by atoms with Gasteiger partial charge in [0.15, 0.2) is 5.82 Å². The molecule has 1 amide bonds. The average molecular weight is 444 g/mol. The van der Waals surface area contributed by atoms with Crippen LogP contribution in [0.5, 0.6) is 5.75 Å². The maximum Gasteiger partial charge on any atom is 0.573 e. The van der Waals surface area contributed by atoms with Crippen LogP contribution in [0.15, 0.2) is 53.7 Å². The van der Waals surface area contributed by atoms with Crippen molar-refractivity contribution in [1.29, 1.82) is 0 Å². The van der Waals surface area contributed by atoms with Gasteiger partial charge in [-0.15, -0.1) is 23.4 Å². The molecule has 0 spiro atoms. The van der Waals surface area contributed by atoms with Gasteiger partial charge >= 0.3 is 6.36 Å². The quantitative estimate of drug-likeness (QED) is 0.442. The molecule has 29 heavy (non-hydrogen) atoms. The zero-order valence-electron chi connectivity index (χ0n) is 14.5. The van der Waals surface area contributed by atoms with Gasteiger partial charge in [0.1, 0.15) is 5.75 Å². The highest BCUT2D eigenvalue weighted by Gasteiger charge is 2.30. The van der Waals surface area contributed by atoms with Gasteiger partial charge in [0.05, 0.1) is 5.75 Å². The zero-order valence-corrected chi connectivity index (χ0v) is 16.1. The van der Waals surface area contributed by atoms with Crippen LogP contribution in [0.4, 0.5) is 18.9 Å².